The summed E-state index contributed by atoms with van der Waals surface area (Å²) < 4.78 is 5.61. The molecular formula is C15H21ClN2O4. The molecule has 0 fully saturated rings. The minimum atomic E-state index is -0.935. The summed E-state index contributed by atoms with van der Waals surface area (Å²) in [6, 6.07) is 6.96. The second-order valence-corrected chi connectivity index (χ2v) is 4.99. The van der Waals surface area contributed by atoms with Crippen LogP contribution in [0.15, 0.2) is 24.3 Å². The number of hydrogen-bond donors (Lipinski definition) is 2. The van der Waals surface area contributed by atoms with Gasteiger partial charge in [-0.3, -0.25) is 9.59 Å². The van der Waals surface area contributed by atoms with Crippen molar-refractivity contribution in [3.8, 4) is 5.75 Å². The van der Waals surface area contributed by atoms with Gasteiger partial charge in [0.2, 0.25) is 5.91 Å². The van der Waals surface area contributed by atoms with Crippen LogP contribution in [0.5, 0.6) is 5.75 Å². The van der Waals surface area contributed by atoms with E-state index in [2.05, 4.69) is 5.32 Å². The predicted molar refractivity (Wildman–Crippen MR) is 84.3 cm³/mol. The number of carbonyl (C=O) groups is 2. The average molecular weight is 329 g/mol. The van der Waals surface area contributed by atoms with Gasteiger partial charge >= 0.3 is 5.97 Å². The highest BCUT2D eigenvalue weighted by molar-refractivity contribution is 5.85. The molecule has 1 amide bonds. The number of halogens is 1. The molecule has 1 aliphatic heterocycles. The first kappa shape index (κ1) is 18.3. The molecule has 1 atom stereocenters. The Morgan fingerprint density at radius 2 is 2.14 bits per heavy atom. The number of ether oxygens (including phenoxy) is 1. The highest BCUT2D eigenvalue weighted by Gasteiger charge is 2.22. The summed E-state index contributed by atoms with van der Waals surface area (Å²) in [7, 11) is 1.58. The lowest BCUT2D eigenvalue weighted by Gasteiger charge is -2.20. The number of rotatable bonds is 5. The summed E-state index contributed by atoms with van der Waals surface area (Å²) in [5.74, 6) is -0.168. The van der Waals surface area contributed by atoms with Crippen molar-refractivity contribution in [1.82, 2.24) is 10.2 Å². The van der Waals surface area contributed by atoms with E-state index in [1.54, 1.807) is 11.9 Å². The van der Waals surface area contributed by atoms with E-state index in [4.69, 9.17) is 9.84 Å². The van der Waals surface area contributed by atoms with Crippen LogP contribution in [-0.4, -0.2) is 48.1 Å². The number of amides is 1. The number of nitrogens with one attached hydrogen (secondary N) is 1. The predicted octanol–water partition coefficient (Wildman–Crippen LogP) is 1.28. The molecule has 1 heterocycles. The third-order valence-electron chi connectivity index (χ3n) is 3.60. The lowest BCUT2D eigenvalue weighted by molar-refractivity contribution is -0.139. The Morgan fingerprint density at radius 3 is 2.82 bits per heavy atom. The molecular weight excluding hydrogens is 308 g/mol. The maximum atomic E-state index is 12.3. The van der Waals surface area contributed by atoms with E-state index in [-0.39, 0.29) is 31.2 Å². The van der Waals surface area contributed by atoms with E-state index >= 15 is 0 Å². The highest BCUT2D eigenvalue weighted by atomic mass is 35.5. The van der Waals surface area contributed by atoms with Crippen LogP contribution in [0, 0.1) is 0 Å². The monoisotopic (exact) mass is 328 g/mol. The molecule has 1 unspecified atom stereocenters. The fourth-order valence-corrected chi connectivity index (χ4v) is 2.36. The van der Waals surface area contributed by atoms with Crippen LogP contribution in [0.25, 0.3) is 0 Å². The van der Waals surface area contributed by atoms with Crippen LogP contribution in [0.2, 0.25) is 0 Å². The Morgan fingerprint density at radius 1 is 1.41 bits per heavy atom. The minimum absolute atomic E-state index is 0. The van der Waals surface area contributed by atoms with Gasteiger partial charge in [-0.25, -0.2) is 0 Å². The molecule has 0 aliphatic carbocycles. The van der Waals surface area contributed by atoms with Gasteiger partial charge < -0.3 is 20.1 Å². The van der Waals surface area contributed by atoms with E-state index in [0.717, 1.165) is 11.3 Å². The molecule has 0 aromatic heterocycles. The number of carboxylic acid groups (broad SMARTS) is 1. The van der Waals surface area contributed by atoms with E-state index in [0.29, 0.717) is 19.7 Å². The lowest BCUT2D eigenvalue weighted by Crippen LogP contribution is -2.37. The third kappa shape index (κ3) is 4.61. The summed E-state index contributed by atoms with van der Waals surface area (Å²) in [5.41, 5.74) is 0.978. The minimum Gasteiger partial charge on any atom is -0.491 e. The van der Waals surface area contributed by atoms with Gasteiger partial charge in [0.05, 0.1) is 6.54 Å². The zero-order valence-corrected chi connectivity index (χ0v) is 13.3. The van der Waals surface area contributed by atoms with Gasteiger partial charge in [0.1, 0.15) is 18.4 Å². The van der Waals surface area contributed by atoms with Crippen molar-refractivity contribution in [2.75, 3.05) is 20.2 Å². The third-order valence-corrected chi connectivity index (χ3v) is 3.60. The van der Waals surface area contributed by atoms with Crippen molar-refractivity contribution in [2.24, 2.45) is 0 Å². The zero-order valence-electron chi connectivity index (χ0n) is 12.4. The van der Waals surface area contributed by atoms with Gasteiger partial charge in [0.15, 0.2) is 0 Å². The first-order valence-corrected chi connectivity index (χ1v) is 7.00. The smallest absolute Gasteiger partial charge is 0.320 e. The second kappa shape index (κ2) is 8.60. The number of carboxylic acids is 1. The summed E-state index contributed by atoms with van der Waals surface area (Å²) >= 11 is 0. The average Bonchev–Trinajstić information content (AvgIpc) is 2.69. The number of benzene rings is 1. The summed E-state index contributed by atoms with van der Waals surface area (Å²) in [6.07, 6.45) is 0.490. The van der Waals surface area contributed by atoms with E-state index in [1.165, 1.54) is 0 Å². The molecule has 0 bridgehead atoms. The number of fused-ring (bicyclic) bond motifs is 1. The number of hydrogen-bond acceptors (Lipinski definition) is 4. The fourth-order valence-electron chi connectivity index (χ4n) is 2.36. The number of carbonyl (C=O) groups excluding carboxylic acids is 1. The van der Waals surface area contributed by atoms with Crippen molar-refractivity contribution in [1.29, 1.82) is 0 Å². The quantitative estimate of drug-likeness (QED) is 0.851. The van der Waals surface area contributed by atoms with Crippen molar-refractivity contribution < 1.29 is 19.4 Å². The van der Waals surface area contributed by atoms with E-state index < -0.39 is 12.0 Å². The summed E-state index contributed by atoms with van der Waals surface area (Å²) in [5, 5.41) is 11.7. The van der Waals surface area contributed by atoms with Crippen LogP contribution < -0.4 is 10.1 Å². The van der Waals surface area contributed by atoms with Crippen molar-refractivity contribution in [3.05, 3.63) is 29.8 Å². The molecule has 0 saturated carbocycles. The molecule has 7 heteroatoms. The largest absolute Gasteiger partial charge is 0.491 e. The summed E-state index contributed by atoms with van der Waals surface area (Å²) in [4.78, 5) is 24.9. The van der Waals surface area contributed by atoms with Crippen LogP contribution in [0.4, 0.5) is 0 Å². The number of nitrogens with zero attached hydrogens (tertiary/aromatic N) is 1. The Bertz CT molecular complexity index is 524. The van der Waals surface area contributed by atoms with E-state index in [9.17, 15) is 9.59 Å². The zero-order chi connectivity index (χ0) is 15.2. The summed E-state index contributed by atoms with van der Waals surface area (Å²) in [6.45, 7) is 1.48. The Kier molecular flexibility index (Phi) is 7.14. The van der Waals surface area contributed by atoms with Crippen LogP contribution in [0.3, 0.4) is 0 Å². The van der Waals surface area contributed by atoms with Gasteiger partial charge in [-0.05, 0) is 19.5 Å². The molecule has 6 nitrogen and oxygen atoms in total. The van der Waals surface area contributed by atoms with Gasteiger partial charge in [0.25, 0.3) is 0 Å². The van der Waals surface area contributed by atoms with Crippen LogP contribution >= 0.6 is 12.4 Å². The SMILES string of the molecule is CNC(CCC(=O)N1CCOc2ccccc2C1)C(=O)O.Cl. The Balaban J connectivity index is 0.00000242. The number of likely N-dealkylation sites (N-methyl/N-ethyl adjacent to an activating group) is 1. The standard InChI is InChI=1S/C15H20N2O4.ClH/c1-16-12(15(19)20)6-7-14(18)17-8-9-21-13-5-3-2-4-11(13)10-17;/h2-5,12,16H,6-10H2,1H3,(H,19,20);1H. The molecule has 1 aromatic carbocycles. The number of para-hydroxylation sites is 1. The van der Waals surface area contributed by atoms with Gasteiger partial charge in [-0.1, -0.05) is 18.2 Å². The molecule has 2 rings (SSSR count). The highest BCUT2D eigenvalue weighted by Crippen LogP contribution is 2.22. The van der Waals surface area contributed by atoms with Crippen LogP contribution in [-0.2, 0) is 16.1 Å². The molecule has 1 aliphatic rings. The molecule has 122 valence electrons. The number of aliphatic carboxylic acids is 1. The van der Waals surface area contributed by atoms with Crippen LogP contribution in [0.1, 0.15) is 18.4 Å². The normalized spacial score (nSPS) is 14.9. The van der Waals surface area contributed by atoms with E-state index in [1.807, 2.05) is 24.3 Å². The van der Waals surface area contributed by atoms with Crippen molar-refractivity contribution in [3.63, 3.8) is 0 Å². The molecule has 2 N–H and O–H groups in total. The van der Waals surface area contributed by atoms with Crippen molar-refractivity contribution in [2.45, 2.75) is 25.4 Å². The molecule has 0 radical (unpaired) electrons. The molecule has 0 saturated heterocycles. The Labute approximate surface area is 135 Å². The fraction of sp³-hybridized carbons (Fsp3) is 0.467. The lowest BCUT2D eigenvalue weighted by atomic mass is 10.1. The van der Waals surface area contributed by atoms with Gasteiger partial charge in [-0.15, -0.1) is 12.4 Å². The molecule has 0 spiro atoms. The van der Waals surface area contributed by atoms with Gasteiger partial charge in [-0.2, -0.15) is 0 Å². The maximum Gasteiger partial charge on any atom is 0.320 e. The first-order valence-electron chi connectivity index (χ1n) is 7.00. The second-order valence-electron chi connectivity index (χ2n) is 4.99. The van der Waals surface area contributed by atoms with Gasteiger partial charge in [0, 0.05) is 18.5 Å². The molecule has 22 heavy (non-hydrogen) atoms. The maximum absolute atomic E-state index is 12.3. The molecule has 1 aromatic rings. The first-order chi connectivity index (χ1) is 10.1. The topological polar surface area (TPSA) is 78.9 Å². The Hall–Kier alpha value is -1.79. The van der Waals surface area contributed by atoms with Crippen molar-refractivity contribution >= 4 is 24.3 Å².